The van der Waals surface area contributed by atoms with E-state index in [1.165, 1.54) is 45.1 Å². The highest BCUT2D eigenvalue weighted by molar-refractivity contribution is 4.86. The van der Waals surface area contributed by atoms with Crippen molar-refractivity contribution in [3.63, 3.8) is 0 Å². The lowest BCUT2D eigenvalue weighted by molar-refractivity contribution is 0.0367. The lowest BCUT2D eigenvalue weighted by Crippen LogP contribution is -2.52. The quantitative estimate of drug-likeness (QED) is 0.551. The number of hydrogen-bond acceptors (Lipinski definition) is 1. The van der Waals surface area contributed by atoms with Crippen LogP contribution in [0.1, 0.15) is 87.0 Å². The Labute approximate surface area is 110 Å². The van der Waals surface area contributed by atoms with Crippen LogP contribution in [0.25, 0.3) is 0 Å². The average Bonchev–Trinajstić information content (AvgIpc) is 2.12. The summed E-state index contributed by atoms with van der Waals surface area (Å²) in [5, 5.41) is 0. The fraction of sp³-hybridized carbons (Fsp3) is 1.00. The van der Waals surface area contributed by atoms with Crippen molar-refractivity contribution >= 4 is 0 Å². The Morgan fingerprint density at radius 2 is 1.06 bits per heavy atom. The maximum atomic E-state index is 2.64. The molecule has 0 fully saturated rings. The van der Waals surface area contributed by atoms with E-state index in [9.17, 15) is 0 Å². The molecule has 0 aliphatic rings. The van der Waals surface area contributed by atoms with Gasteiger partial charge < -0.3 is 0 Å². The molecule has 0 amide bonds. The Kier molecular flexibility index (Phi) is 7.39. The number of rotatable bonds is 7. The normalized spacial score (nSPS) is 13.4. The molecule has 0 N–H and O–H groups in total. The van der Waals surface area contributed by atoms with E-state index in [0.29, 0.717) is 0 Å². The molecular weight excluding hydrogens is 206 g/mol. The number of hydrogen-bond donors (Lipinski definition) is 0. The first-order valence-corrected chi connectivity index (χ1v) is 7.47. The summed E-state index contributed by atoms with van der Waals surface area (Å²) < 4.78 is 0. The van der Waals surface area contributed by atoms with Crippen molar-refractivity contribution in [3.8, 4) is 0 Å². The Balaban J connectivity index is 3.95. The van der Waals surface area contributed by atoms with E-state index < -0.39 is 0 Å². The smallest absolute Gasteiger partial charge is 0.0130 e. The second-order valence-electron chi connectivity index (χ2n) is 7.26. The Morgan fingerprint density at radius 3 is 1.47 bits per heavy atom. The largest absolute Gasteiger partial charge is 0.294 e. The molecule has 0 heterocycles. The summed E-state index contributed by atoms with van der Waals surface area (Å²) in [5.41, 5.74) is 0.559. The van der Waals surface area contributed by atoms with Crippen molar-refractivity contribution in [2.75, 3.05) is 6.54 Å². The van der Waals surface area contributed by atoms with Gasteiger partial charge in [-0.1, -0.05) is 39.0 Å². The molecule has 0 aromatic rings. The van der Waals surface area contributed by atoms with Gasteiger partial charge in [0, 0.05) is 11.1 Å². The van der Waals surface area contributed by atoms with Gasteiger partial charge in [-0.3, -0.25) is 4.90 Å². The van der Waals surface area contributed by atoms with E-state index in [-0.39, 0.29) is 11.1 Å². The van der Waals surface area contributed by atoms with Gasteiger partial charge in [-0.05, 0) is 54.5 Å². The van der Waals surface area contributed by atoms with Crippen LogP contribution in [-0.2, 0) is 0 Å². The minimum Gasteiger partial charge on any atom is -0.294 e. The maximum absolute atomic E-state index is 2.64. The molecular formula is C16H35N. The maximum Gasteiger partial charge on any atom is 0.0130 e. The highest BCUT2D eigenvalue weighted by Gasteiger charge is 2.30. The summed E-state index contributed by atoms with van der Waals surface area (Å²) in [6.07, 6.45) is 8.32. The van der Waals surface area contributed by atoms with Gasteiger partial charge in [0.05, 0.1) is 0 Å². The minimum atomic E-state index is 0.279. The van der Waals surface area contributed by atoms with Crippen LogP contribution in [0.2, 0.25) is 0 Å². The van der Waals surface area contributed by atoms with Crippen LogP contribution >= 0.6 is 0 Å². The lowest BCUT2D eigenvalue weighted by atomic mass is 9.95. The first kappa shape index (κ1) is 17.0. The Bertz CT molecular complexity index is 169. The van der Waals surface area contributed by atoms with E-state index in [4.69, 9.17) is 0 Å². The molecule has 17 heavy (non-hydrogen) atoms. The van der Waals surface area contributed by atoms with E-state index in [1.54, 1.807) is 0 Å². The molecule has 0 bridgehead atoms. The number of unbranched alkanes of at least 4 members (excludes halogenated alkanes) is 5. The predicted molar refractivity (Wildman–Crippen MR) is 79.6 cm³/mol. The second kappa shape index (κ2) is 7.41. The molecule has 0 spiro atoms. The van der Waals surface area contributed by atoms with Gasteiger partial charge in [0.2, 0.25) is 0 Å². The lowest BCUT2D eigenvalue weighted by Gasteiger charge is -2.45. The molecule has 0 aliphatic heterocycles. The van der Waals surface area contributed by atoms with E-state index in [1.807, 2.05) is 0 Å². The highest BCUT2D eigenvalue weighted by Crippen LogP contribution is 2.25. The van der Waals surface area contributed by atoms with Crippen LogP contribution in [0.3, 0.4) is 0 Å². The van der Waals surface area contributed by atoms with Crippen molar-refractivity contribution in [2.24, 2.45) is 0 Å². The Hall–Kier alpha value is -0.0400. The van der Waals surface area contributed by atoms with Gasteiger partial charge in [0.25, 0.3) is 0 Å². The summed E-state index contributed by atoms with van der Waals surface area (Å²) >= 11 is 0. The number of nitrogens with zero attached hydrogens (tertiary/aromatic N) is 1. The minimum absolute atomic E-state index is 0.279. The molecule has 0 saturated heterocycles. The SMILES string of the molecule is CCCCCCCCN(C(C)(C)C)C(C)(C)C. The van der Waals surface area contributed by atoms with Crippen LogP contribution in [0.5, 0.6) is 0 Å². The monoisotopic (exact) mass is 241 g/mol. The third-order valence-corrected chi connectivity index (χ3v) is 3.35. The molecule has 0 radical (unpaired) electrons. The highest BCUT2D eigenvalue weighted by atomic mass is 15.2. The molecule has 0 aromatic heterocycles. The summed E-state index contributed by atoms with van der Waals surface area (Å²) in [6, 6.07) is 0. The molecule has 0 aliphatic carbocycles. The summed E-state index contributed by atoms with van der Waals surface area (Å²) in [4.78, 5) is 2.64. The molecule has 0 saturated carbocycles. The molecule has 0 unspecified atom stereocenters. The summed E-state index contributed by atoms with van der Waals surface area (Å²) in [7, 11) is 0. The average molecular weight is 241 g/mol. The molecule has 1 heteroatoms. The first-order valence-electron chi connectivity index (χ1n) is 7.47. The fourth-order valence-corrected chi connectivity index (χ4v) is 2.73. The predicted octanol–water partition coefficient (Wildman–Crippen LogP) is 5.25. The van der Waals surface area contributed by atoms with Crippen LogP contribution in [0.4, 0.5) is 0 Å². The van der Waals surface area contributed by atoms with Crippen molar-refractivity contribution in [1.29, 1.82) is 0 Å². The third kappa shape index (κ3) is 7.81. The van der Waals surface area contributed by atoms with Gasteiger partial charge >= 0.3 is 0 Å². The zero-order valence-corrected chi connectivity index (χ0v) is 13.4. The van der Waals surface area contributed by atoms with Gasteiger partial charge in [0.1, 0.15) is 0 Å². The molecule has 1 nitrogen and oxygen atoms in total. The molecule has 104 valence electrons. The zero-order chi connectivity index (χ0) is 13.5. The molecule has 0 rings (SSSR count). The van der Waals surface area contributed by atoms with Crippen molar-refractivity contribution in [1.82, 2.24) is 4.90 Å². The van der Waals surface area contributed by atoms with E-state index >= 15 is 0 Å². The summed E-state index contributed by atoms with van der Waals surface area (Å²) in [5.74, 6) is 0. The first-order chi connectivity index (χ1) is 7.69. The third-order valence-electron chi connectivity index (χ3n) is 3.35. The van der Waals surface area contributed by atoms with Gasteiger partial charge in [0.15, 0.2) is 0 Å². The van der Waals surface area contributed by atoms with Crippen LogP contribution in [0, 0.1) is 0 Å². The van der Waals surface area contributed by atoms with Crippen LogP contribution in [-0.4, -0.2) is 22.5 Å². The standard InChI is InChI=1S/C16H35N/c1-8-9-10-11-12-13-14-17(15(2,3)4)16(5,6)7/h8-14H2,1-7H3. The van der Waals surface area contributed by atoms with Crippen molar-refractivity contribution in [3.05, 3.63) is 0 Å². The molecule has 0 aromatic carbocycles. The van der Waals surface area contributed by atoms with E-state index in [2.05, 4.69) is 53.4 Å². The van der Waals surface area contributed by atoms with Gasteiger partial charge in [-0.25, -0.2) is 0 Å². The summed E-state index contributed by atoms with van der Waals surface area (Å²) in [6.45, 7) is 17.5. The topological polar surface area (TPSA) is 3.24 Å². The van der Waals surface area contributed by atoms with Gasteiger partial charge in [-0.15, -0.1) is 0 Å². The van der Waals surface area contributed by atoms with E-state index in [0.717, 1.165) is 0 Å². The zero-order valence-electron chi connectivity index (χ0n) is 13.4. The van der Waals surface area contributed by atoms with Crippen molar-refractivity contribution in [2.45, 2.75) is 98.1 Å². The van der Waals surface area contributed by atoms with Crippen molar-refractivity contribution < 1.29 is 0 Å². The second-order valence-corrected chi connectivity index (χ2v) is 7.26. The van der Waals surface area contributed by atoms with Gasteiger partial charge in [-0.2, -0.15) is 0 Å². The van der Waals surface area contributed by atoms with Crippen LogP contribution in [0.15, 0.2) is 0 Å². The molecule has 0 atom stereocenters. The fourth-order valence-electron chi connectivity index (χ4n) is 2.73. The Morgan fingerprint density at radius 1 is 0.647 bits per heavy atom. The van der Waals surface area contributed by atoms with Crippen LogP contribution < -0.4 is 0 Å².